The Hall–Kier alpha value is -1.92. The summed E-state index contributed by atoms with van der Waals surface area (Å²) in [5.41, 5.74) is 1.71. The fraction of sp³-hybridized carbons (Fsp3) is 0.529. The molecule has 2 atom stereocenters. The van der Waals surface area contributed by atoms with E-state index in [0.717, 1.165) is 18.6 Å². The van der Waals surface area contributed by atoms with Crippen LogP contribution in [-0.4, -0.2) is 60.9 Å². The predicted molar refractivity (Wildman–Crippen MR) is 82.5 cm³/mol. The van der Waals surface area contributed by atoms with E-state index in [1.165, 1.54) is 0 Å². The maximum Gasteiger partial charge on any atom is 0.305 e. The number of aliphatic carboxylic acids is 1. The van der Waals surface area contributed by atoms with Gasteiger partial charge in [0.05, 0.1) is 32.3 Å². The van der Waals surface area contributed by atoms with Crippen LogP contribution in [0.25, 0.3) is 0 Å². The van der Waals surface area contributed by atoms with Gasteiger partial charge in [0.15, 0.2) is 0 Å². The summed E-state index contributed by atoms with van der Waals surface area (Å²) in [5, 5.41) is 9.02. The molecule has 1 N–H and O–H groups in total. The van der Waals surface area contributed by atoms with Crippen molar-refractivity contribution >= 4 is 11.9 Å². The molecular weight excluding hydrogens is 298 g/mol. The maximum atomic E-state index is 12.8. The lowest BCUT2D eigenvalue weighted by Gasteiger charge is -2.35. The average molecular weight is 319 g/mol. The van der Waals surface area contributed by atoms with Crippen molar-refractivity contribution in [2.45, 2.75) is 24.8 Å². The molecule has 6 heteroatoms. The molecule has 0 aromatic heterocycles. The van der Waals surface area contributed by atoms with Crippen LogP contribution < -0.4 is 0 Å². The van der Waals surface area contributed by atoms with E-state index in [1.807, 2.05) is 18.2 Å². The number of benzene rings is 1. The number of carboxylic acid groups (broad SMARTS) is 1. The van der Waals surface area contributed by atoms with Gasteiger partial charge >= 0.3 is 5.97 Å². The molecule has 2 fully saturated rings. The van der Waals surface area contributed by atoms with E-state index < -0.39 is 12.0 Å². The quantitative estimate of drug-likeness (QED) is 0.910. The van der Waals surface area contributed by atoms with Gasteiger partial charge < -0.3 is 19.5 Å². The number of carbonyl (C=O) groups is 2. The molecule has 23 heavy (non-hydrogen) atoms. The zero-order chi connectivity index (χ0) is 16.2. The van der Waals surface area contributed by atoms with Gasteiger partial charge in [-0.15, -0.1) is 0 Å². The summed E-state index contributed by atoms with van der Waals surface area (Å²) in [7, 11) is 0. The van der Waals surface area contributed by atoms with E-state index >= 15 is 0 Å². The fourth-order valence-corrected chi connectivity index (χ4v) is 3.18. The first-order valence-electron chi connectivity index (χ1n) is 7.93. The minimum absolute atomic E-state index is 0.0953. The Bertz CT molecular complexity index is 582. The Kier molecular flexibility index (Phi) is 4.93. The van der Waals surface area contributed by atoms with E-state index in [4.69, 9.17) is 14.6 Å². The van der Waals surface area contributed by atoms with Crippen molar-refractivity contribution in [2.75, 3.05) is 33.0 Å². The lowest BCUT2D eigenvalue weighted by molar-refractivity contribution is -0.139. The molecule has 1 amide bonds. The van der Waals surface area contributed by atoms with Crippen molar-refractivity contribution in [3.05, 3.63) is 35.4 Å². The number of amides is 1. The van der Waals surface area contributed by atoms with Crippen LogP contribution in [0.3, 0.4) is 0 Å². The first-order chi connectivity index (χ1) is 11.1. The first kappa shape index (κ1) is 16.0. The van der Waals surface area contributed by atoms with Crippen molar-refractivity contribution in [3.8, 4) is 0 Å². The van der Waals surface area contributed by atoms with Crippen LogP contribution in [-0.2, 0) is 14.3 Å². The van der Waals surface area contributed by atoms with Gasteiger partial charge in [0, 0.05) is 24.6 Å². The second-order valence-corrected chi connectivity index (χ2v) is 6.01. The van der Waals surface area contributed by atoms with Gasteiger partial charge in [-0.3, -0.25) is 9.59 Å². The summed E-state index contributed by atoms with van der Waals surface area (Å²) >= 11 is 0. The highest BCUT2D eigenvalue weighted by molar-refractivity contribution is 5.95. The zero-order valence-electron chi connectivity index (χ0n) is 12.9. The molecular formula is C17H21NO5. The first-order valence-corrected chi connectivity index (χ1v) is 7.93. The van der Waals surface area contributed by atoms with E-state index in [-0.39, 0.29) is 18.9 Å². The number of hydrogen-bond acceptors (Lipinski definition) is 4. The third-order valence-corrected chi connectivity index (χ3v) is 4.43. The summed E-state index contributed by atoms with van der Waals surface area (Å²) in [5.74, 6) is -0.710. The highest BCUT2D eigenvalue weighted by atomic mass is 16.5. The lowest BCUT2D eigenvalue weighted by atomic mass is 9.96. The van der Waals surface area contributed by atoms with Gasteiger partial charge in [0.2, 0.25) is 0 Å². The van der Waals surface area contributed by atoms with Gasteiger partial charge in [-0.2, -0.15) is 0 Å². The monoisotopic (exact) mass is 319 g/mol. The van der Waals surface area contributed by atoms with Crippen molar-refractivity contribution in [1.29, 1.82) is 0 Å². The molecule has 124 valence electrons. The maximum absolute atomic E-state index is 12.8. The topological polar surface area (TPSA) is 76.1 Å². The molecule has 2 aliphatic rings. The summed E-state index contributed by atoms with van der Waals surface area (Å²) < 4.78 is 10.7. The van der Waals surface area contributed by atoms with Crippen LogP contribution in [0.4, 0.5) is 0 Å². The van der Waals surface area contributed by atoms with E-state index in [0.29, 0.717) is 31.2 Å². The average Bonchev–Trinajstić information content (AvgIpc) is 3.09. The fourth-order valence-electron chi connectivity index (χ4n) is 3.18. The minimum atomic E-state index is -0.921. The third-order valence-electron chi connectivity index (χ3n) is 4.43. The lowest BCUT2D eigenvalue weighted by Crippen LogP contribution is -2.49. The normalized spacial score (nSPS) is 24.6. The number of carbonyl (C=O) groups excluding carboxylic acids is 1. The number of nitrogens with zero attached hydrogens (tertiary/aromatic N) is 1. The number of ether oxygens (including phenoxy) is 2. The molecule has 1 aromatic rings. The Morgan fingerprint density at radius 3 is 2.78 bits per heavy atom. The molecule has 0 spiro atoms. The van der Waals surface area contributed by atoms with Crippen LogP contribution in [0, 0.1) is 0 Å². The Morgan fingerprint density at radius 1 is 1.22 bits per heavy atom. The van der Waals surface area contributed by atoms with E-state index in [9.17, 15) is 9.59 Å². The second kappa shape index (κ2) is 7.10. The number of morpholine rings is 1. The summed E-state index contributed by atoms with van der Waals surface area (Å²) in [6.45, 7) is 2.59. The molecule has 0 radical (unpaired) electrons. The Labute approximate surface area is 135 Å². The molecule has 2 saturated heterocycles. The van der Waals surface area contributed by atoms with Crippen LogP contribution >= 0.6 is 0 Å². The number of carboxylic acids is 1. The standard InChI is InChI=1S/C17H21NO5/c19-16(20)9-15-11-23-7-5-18(15)17(21)13-3-1-2-12(8-13)14-4-6-22-10-14/h1-3,8,14-15H,4-7,9-11H2,(H,19,20)/t14-,15-/m0/s1. The molecule has 0 saturated carbocycles. The van der Waals surface area contributed by atoms with Gasteiger partial charge in [0.1, 0.15) is 0 Å². The van der Waals surface area contributed by atoms with Gasteiger partial charge in [-0.25, -0.2) is 0 Å². The van der Waals surface area contributed by atoms with Crippen LogP contribution in [0.15, 0.2) is 24.3 Å². The highest BCUT2D eigenvalue weighted by Gasteiger charge is 2.30. The number of hydrogen-bond donors (Lipinski definition) is 1. The van der Waals surface area contributed by atoms with Crippen molar-refractivity contribution in [2.24, 2.45) is 0 Å². The van der Waals surface area contributed by atoms with Crippen LogP contribution in [0.2, 0.25) is 0 Å². The minimum Gasteiger partial charge on any atom is -0.481 e. The third kappa shape index (κ3) is 3.71. The Morgan fingerprint density at radius 2 is 2.04 bits per heavy atom. The van der Waals surface area contributed by atoms with Crippen molar-refractivity contribution in [3.63, 3.8) is 0 Å². The Balaban J connectivity index is 1.78. The number of rotatable bonds is 4. The van der Waals surface area contributed by atoms with E-state index in [1.54, 1.807) is 11.0 Å². The molecule has 0 bridgehead atoms. The predicted octanol–water partition coefficient (Wildman–Crippen LogP) is 1.51. The van der Waals surface area contributed by atoms with Gasteiger partial charge in [0.25, 0.3) is 5.91 Å². The largest absolute Gasteiger partial charge is 0.481 e. The molecule has 0 unspecified atom stereocenters. The SMILES string of the molecule is O=C(O)C[C@H]1COCCN1C(=O)c1cccc([C@H]2CCOC2)c1. The highest BCUT2D eigenvalue weighted by Crippen LogP contribution is 2.26. The molecule has 1 aromatic carbocycles. The van der Waals surface area contributed by atoms with Gasteiger partial charge in [-0.05, 0) is 24.1 Å². The zero-order valence-corrected chi connectivity index (χ0v) is 12.9. The van der Waals surface area contributed by atoms with Crippen molar-refractivity contribution in [1.82, 2.24) is 4.90 Å². The smallest absolute Gasteiger partial charge is 0.305 e. The van der Waals surface area contributed by atoms with Gasteiger partial charge in [-0.1, -0.05) is 12.1 Å². The summed E-state index contributed by atoms with van der Waals surface area (Å²) in [6, 6.07) is 7.19. The van der Waals surface area contributed by atoms with Crippen molar-refractivity contribution < 1.29 is 24.2 Å². The van der Waals surface area contributed by atoms with Crippen LogP contribution in [0.1, 0.15) is 34.7 Å². The molecule has 2 heterocycles. The molecule has 2 aliphatic heterocycles. The second-order valence-electron chi connectivity index (χ2n) is 6.01. The molecule has 6 nitrogen and oxygen atoms in total. The summed E-state index contributed by atoms with van der Waals surface area (Å²) in [6.07, 6.45) is 0.874. The van der Waals surface area contributed by atoms with Crippen LogP contribution in [0.5, 0.6) is 0 Å². The molecule has 0 aliphatic carbocycles. The molecule has 3 rings (SSSR count). The van der Waals surface area contributed by atoms with E-state index in [2.05, 4.69) is 0 Å². The summed E-state index contributed by atoms with van der Waals surface area (Å²) in [4.78, 5) is 25.4.